The first-order valence-electron chi connectivity index (χ1n) is 10.3. The molecule has 1 N–H and O–H groups in total. The third-order valence-corrected chi connectivity index (χ3v) is 6.66. The number of amides is 2. The summed E-state index contributed by atoms with van der Waals surface area (Å²) in [7, 11) is 2.65. The Bertz CT molecular complexity index is 749. The van der Waals surface area contributed by atoms with Gasteiger partial charge in [-0.25, -0.2) is 9.18 Å². The van der Waals surface area contributed by atoms with Crippen molar-refractivity contribution in [1.82, 2.24) is 4.90 Å². The summed E-state index contributed by atoms with van der Waals surface area (Å²) in [6.45, 7) is 7.79. The Hall–Kier alpha value is -1.64. The first-order chi connectivity index (χ1) is 13.4. The molecule has 0 spiro atoms. The Balaban J connectivity index is 1.72. The highest BCUT2D eigenvalue weighted by Crippen LogP contribution is 2.36. The van der Waals surface area contributed by atoms with Gasteiger partial charge in [-0.15, -0.1) is 0 Å². The Morgan fingerprint density at radius 3 is 2.17 bits per heavy atom. The van der Waals surface area contributed by atoms with Crippen LogP contribution >= 0.6 is 0 Å². The van der Waals surface area contributed by atoms with Gasteiger partial charge in [0.25, 0.3) is 0 Å². The van der Waals surface area contributed by atoms with Crippen molar-refractivity contribution in [2.24, 2.45) is 0 Å². The molecule has 2 fully saturated rings. The number of hydrogen-bond donors (Lipinski definition) is 1. The van der Waals surface area contributed by atoms with E-state index in [2.05, 4.69) is 0 Å². The fraction of sp³-hybridized carbons (Fsp3) is 0.667. The van der Waals surface area contributed by atoms with E-state index in [-0.39, 0.29) is 23.9 Å². The van der Waals surface area contributed by atoms with Gasteiger partial charge in [0.15, 0.2) is 0 Å². The van der Waals surface area contributed by atoms with Crippen molar-refractivity contribution in [3.8, 4) is 0 Å². The van der Waals surface area contributed by atoms with Crippen molar-refractivity contribution in [2.75, 3.05) is 19.0 Å². The van der Waals surface area contributed by atoms with Crippen molar-refractivity contribution in [2.45, 2.75) is 76.7 Å². The number of halogens is 1. The van der Waals surface area contributed by atoms with Crippen molar-refractivity contribution in [3.63, 3.8) is 0 Å². The summed E-state index contributed by atoms with van der Waals surface area (Å²) in [4.78, 5) is 15.8. The zero-order valence-electron chi connectivity index (χ0n) is 18.2. The van der Waals surface area contributed by atoms with E-state index in [0.29, 0.717) is 18.3 Å². The lowest BCUT2D eigenvalue weighted by atomic mass is 9.79. The highest BCUT2D eigenvalue weighted by Gasteiger charge is 2.51. The number of aliphatic hydroxyl groups excluding tert-OH is 1. The highest BCUT2D eigenvalue weighted by molar-refractivity contribution is 6.62. The molecule has 0 atom stereocenters. The maximum absolute atomic E-state index is 14.9. The minimum absolute atomic E-state index is 0.0560. The van der Waals surface area contributed by atoms with Crippen LogP contribution in [0.25, 0.3) is 0 Å². The van der Waals surface area contributed by atoms with Gasteiger partial charge < -0.3 is 19.3 Å². The number of carbonyl (C=O) groups excluding carboxylic acids is 1. The predicted molar refractivity (Wildman–Crippen MR) is 112 cm³/mol. The van der Waals surface area contributed by atoms with E-state index in [9.17, 15) is 14.3 Å². The molecular formula is C21H32BFN2O4. The van der Waals surface area contributed by atoms with Crippen molar-refractivity contribution >= 4 is 24.3 Å². The molecule has 2 aliphatic rings. The van der Waals surface area contributed by atoms with Crippen LogP contribution in [0, 0.1) is 5.82 Å². The maximum Gasteiger partial charge on any atom is 0.494 e. The van der Waals surface area contributed by atoms with Gasteiger partial charge in [-0.1, -0.05) is 6.07 Å². The predicted octanol–water partition coefficient (Wildman–Crippen LogP) is 2.92. The molecule has 8 heteroatoms. The third kappa shape index (κ3) is 4.30. The summed E-state index contributed by atoms with van der Waals surface area (Å²) in [6.07, 6.45) is 2.58. The fourth-order valence-corrected chi connectivity index (χ4v) is 3.86. The lowest BCUT2D eigenvalue weighted by Gasteiger charge is -2.35. The second kappa shape index (κ2) is 7.89. The molecule has 0 unspecified atom stereocenters. The van der Waals surface area contributed by atoms with E-state index in [1.165, 1.54) is 11.0 Å². The topological polar surface area (TPSA) is 62.2 Å². The number of aliphatic hydroxyl groups is 1. The van der Waals surface area contributed by atoms with Crippen LogP contribution < -0.4 is 10.4 Å². The van der Waals surface area contributed by atoms with Crippen molar-refractivity contribution in [1.29, 1.82) is 0 Å². The largest absolute Gasteiger partial charge is 0.494 e. The molecule has 160 valence electrons. The SMILES string of the molecule is CN(C(=O)N(C)C1CCC(O)CC1)c1ccc(B2OC(C)(C)C(C)(C)O2)cc1F. The van der Waals surface area contributed by atoms with Crippen molar-refractivity contribution < 1.29 is 23.6 Å². The molecule has 1 aromatic carbocycles. The maximum atomic E-state index is 14.9. The normalized spacial score (nSPS) is 25.7. The van der Waals surface area contributed by atoms with E-state index in [1.807, 2.05) is 27.7 Å². The van der Waals surface area contributed by atoms with Gasteiger partial charge in [0.1, 0.15) is 5.82 Å². The number of nitrogens with zero attached hydrogens (tertiary/aromatic N) is 2. The molecule has 1 heterocycles. The molecule has 1 aromatic rings. The minimum Gasteiger partial charge on any atom is -0.399 e. The summed E-state index contributed by atoms with van der Waals surface area (Å²) in [6, 6.07) is 4.49. The zero-order valence-corrected chi connectivity index (χ0v) is 18.2. The van der Waals surface area contributed by atoms with E-state index in [4.69, 9.17) is 9.31 Å². The molecule has 1 aliphatic carbocycles. The van der Waals surface area contributed by atoms with Gasteiger partial charge in [-0.05, 0) is 71.0 Å². The van der Waals surface area contributed by atoms with Crippen LogP contribution in [0.4, 0.5) is 14.9 Å². The molecular weight excluding hydrogens is 374 g/mol. The van der Waals surface area contributed by atoms with Gasteiger partial charge in [-0.3, -0.25) is 4.90 Å². The van der Waals surface area contributed by atoms with Crippen LogP contribution in [-0.2, 0) is 9.31 Å². The Kier molecular flexibility index (Phi) is 6.00. The number of benzene rings is 1. The summed E-state index contributed by atoms with van der Waals surface area (Å²) in [5.74, 6) is -0.500. The highest BCUT2D eigenvalue weighted by atomic mass is 19.1. The molecule has 2 amide bonds. The van der Waals surface area contributed by atoms with Gasteiger partial charge in [0.05, 0.1) is 23.0 Å². The summed E-state index contributed by atoms with van der Waals surface area (Å²) in [5, 5.41) is 9.67. The number of urea groups is 1. The van der Waals surface area contributed by atoms with E-state index >= 15 is 0 Å². The zero-order chi connectivity index (χ0) is 21.6. The monoisotopic (exact) mass is 406 g/mol. The summed E-state index contributed by atoms with van der Waals surface area (Å²) >= 11 is 0. The van der Waals surface area contributed by atoms with Crippen LogP contribution in [0.3, 0.4) is 0 Å². The number of carbonyl (C=O) groups is 1. The second-order valence-corrected chi connectivity index (χ2v) is 9.21. The van der Waals surface area contributed by atoms with Gasteiger partial charge in [0, 0.05) is 20.1 Å². The van der Waals surface area contributed by atoms with E-state index < -0.39 is 24.1 Å². The average Bonchev–Trinajstić information content (AvgIpc) is 2.88. The second-order valence-electron chi connectivity index (χ2n) is 9.21. The molecule has 0 bridgehead atoms. The smallest absolute Gasteiger partial charge is 0.399 e. The Morgan fingerprint density at radius 2 is 1.66 bits per heavy atom. The minimum atomic E-state index is -0.652. The number of rotatable bonds is 3. The fourth-order valence-electron chi connectivity index (χ4n) is 3.86. The molecule has 6 nitrogen and oxygen atoms in total. The van der Waals surface area contributed by atoms with Crippen LogP contribution in [-0.4, -0.2) is 60.6 Å². The number of hydrogen-bond acceptors (Lipinski definition) is 4. The first kappa shape index (κ1) is 22.1. The van der Waals surface area contributed by atoms with Crippen molar-refractivity contribution in [3.05, 3.63) is 24.0 Å². The Labute approximate surface area is 173 Å². The number of anilines is 1. The summed E-state index contributed by atoms with van der Waals surface area (Å²) < 4.78 is 26.9. The molecule has 29 heavy (non-hydrogen) atoms. The van der Waals surface area contributed by atoms with Gasteiger partial charge >= 0.3 is 13.1 Å². The van der Waals surface area contributed by atoms with Crippen LogP contribution in [0.2, 0.25) is 0 Å². The average molecular weight is 406 g/mol. The first-order valence-corrected chi connectivity index (χ1v) is 10.3. The molecule has 0 radical (unpaired) electrons. The van der Waals surface area contributed by atoms with Crippen LogP contribution in [0.15, 0.2) is 18.2 Å². The lowest BCUT2D eigenvalue weighted by Crippen LogP contribution is -2.46. The molecule has 3 rings (SSSR count). The lowest BCUT2D eigenvalue weighted by molar-refractivity contribution is 0.00578. The van der Waals surface area contributed by atoms with Gasteiger partial charge in [0.2, 0.25) is 0 Å². The molecule has 1 saturated carbocycles. The summed E-state index contributed by atoms with van der Waals surface area (Å²) in [5.41, 5.74) is -0.218. The molecule has 0 aromatic heterocycles. The third-order valence-electron chi connectivity index (χ3n) is 6.66. The van der Waals surface area contributed by atoms with Gasteiger partial charge in [-0.2, -0.15) is 0 Å². The molecule has 1 aliphatic heterocycles. The van der Waals surface area contributed by atoms with E-state index in [0.717, 1.165) is 12.8 Å². The quantitative estimate of drug-likeness (QED) is 0.785. The van der Waals surface area contributed by atoms with Crippen LogP contribution in [0.5, 0.6) is 0 Å². The van der Waals surface area contributed by atoms with E-state index in [1.54, 1.807) is 31.1 Å². The Morgan fingerprint density at radius 1 is 1.10 bits per heavy atom. The van der Waals surface area contributed by atoms with Crippen LogP contribution in [0.1, 0.15) is 53.4 Å². The molecule has 1 saturated heterocycles. The standard InChI is InChI=1S/C21H32BFN2O4/c1-20(2)21(3,4)29-22(28-20)14-7-12-18(17(23)13-14)25(6)19(27)24(5)15-8-10-16(26)11-9-15/h7,12-13,15-16,26H,8-11H2,1-6H3.